The van der Waals surface area contributed by atoms with Crippen LogP contribution in [0.3, 0.4) is 0 Å². The predicted molar refractivity (Wildman–Crippen MR) is 71.4 cm³/mol. The number of aromatic hydroxyl groups is 1. The second-order valence-electron chi connectivity index (χ2n) is 4.54. The number of phenols is 1. The van der Waals surface area contributed by atoms with Crippen molar-refractivity contribution in [2.75, 3.05) is 6.54 Å². The molecule has 0 saturated heterocycles. The van der Waals surface area contributed by atoms with Gasteiger partial charge in [0.05, 0.1) is 6.20 Å². The van der Waals surface area contributed by atoms with Crippen LogP contribution in [0.5, 0.6) is 5.75 Å². The second-order valence-corrected chi connectivity index (χ2v) is 4.54. The smallest absolute Gasteiger partial charge is 0.115 e. The van der Waals surface area contributed by atoms with Crippen molar-refractivity contribution < 1.29 is 5.11 Å². The molecule has 0 aliphatic rings. The Hall–Kier alpha value is -1.81. The number of rotatable bonds is 5. The summed E-state index contributed by atoms with van der Waals surface area (Å²) >= 11 is 0. The van der Waals surface area contributed by atoms with E-state index >= 15 is 0 Å². The van der Waals surface area contributed by atoms with E-state index in [2.05, 4.69) is 17.3 Å². The Bertz CT molecular complexity index is 490. The van der Waals surface area contributed by atoms with Crippen LogP contribution in [-0.4, -0.2) is 21.4 Å². The quantitative estimate of drug-likeness (QED) is 0.847. The van der Waals surface area contributed by atoms with E-state index < -0.39 is 0 Å². The van der Waals surface area contributed by atoms with E-state index in [1.807, 2.05) is 36.3 Å². The molecule has 1 aromatic carbocycles. The molecule has 0 aliphatic heterocycles. The molecule has 0 fully saturated rings. The molecule has 0 bridgehead atoms. The first kappa shape index (κ1) is 12.6. The maximum absolute atomic E-state index is 9.20. The Balaban J connectivity index is 1.80. The highest BCUT2D eigenvalue weighted by Crippen LogP contribution is 2.12. The van der Waals surface area contributed by atoms with Gasteiger partial charge >= 0.3 is 0 Å². The third kappa shape index (κ3) is 3.34. The van der Waals surface area contributed by atoms with Crippen LogP contribution in [0.15, 0.2) is 36.7 Å². The molecule has 2 N–H and O–H groups in total. The van der Waals surface area contributed by atoms with E-state index in [-0.39, 0.29) is 0 Å². The van der Waals surface area contributed by atoms with Crippen molar-refractivity contribution in [2.24, 2.45) is 7.05 Å². The monoisotopic (exact) mass is 245 g/mol. The van der Waals surface area contributed by atoms with Crippen LogP contribution in [-0.2, 0) is 13.5 Å². The highest BCUT2D eigenvalue weighted by molar-refractivity contribution is 5.26. The van der Waals surface area contributed by atoms with Crippen LogP contribution in [0.1, 0.15) is 24.1 Å². The number of benzene rings is 1. The van der Waals surface area contributed by atoms with Gasteiger partial charge in [0.15, 0.2) is 0 Å². The standard InChI is InChI=1S/C14H19N3O/c1-11(13-9-16-17(2)10-13)15-8-7-12-3-5-14(18)6-4-12/h3-6,9-11,15,18H,7-8H2,1-2H3. The van der Waals surface area contributed by atoms with E-state index in [4.69, 9.17) is 0 Å². The molecular formula is C14H19N3O. The molecule has 1 aromatic heterocycles. The van der Waals surface area contributed by atoms with Gasteiger partial charge in [0.2, 0.25) is 0 Å². The second kappa shape index (κ2) is 5.69. The van der Waals surface area contributed by atoms with Crippen molar-refractivity contribution in [3.63, 3.8) is 0 Å². The molecule has 2 aromatic rings. The number of aromatic nitrogens is 2. The van der Waals surface area contributed by atoms with E-state index in [9.17, 15) is 5.11 Å². The molecule has 0 spiro atoms. The Labute approximate surface area is 107 Å². The molecule has 2 rings (SSSR count). The number of aryl methyl sites for hydroxylation is 1. The van der Waals surface area contributed by atoms with Gasteiger partial charge in [-0.1, -0.05) is 12.1 Å². The summed E-state index contributed by atoms with van der Waals surface area (Å²) in [5.41, 5.74) is 2.42. The van der Waals surface area contributed by atoms with Gasteiger partial charge in [-0.05, 0) is 37.6 Å². The van der Waals surface area contributed by atoms with Crippen molar-refractivity contribution >= 4 is 0 Å². The molecular weight excluding hydrogens is 226 g/mol. The topological polar surface area (TPSA) is 50.1 Å². The minimum absolute atomic E-state index is 0.302. The van der Waals surface area contributed by atoms with Crippen LogP contribution >= 0.6 is 0 Å². The molecule has 96 valence electrons. The van der Waals surface area contributed by atoms with Crippen molar-refractivity contribution in [3.8, 4) is 5.75 Å². The Kier molecular flexibility index (Phi) is 3.99. The van der Waals surface area contributed by atoms with Crippen molar-refractivity contribution in [2.45, 2.75) is 19.4 Å². The molecule has 0 aliphatic carbocycles. The van der Waals surface area contributed by atoms with Crippen molar-refractivity contribution in [3.05, 3.63) is 47.8 Å². The van der Waals surface area contributed by atoms with Gasteiger partial charge in [0, 0.05) is 24.8 Å². The SMILES string of the molecule is CC(NCCc1ccc(O)cc1)c1cnn(C)c1. The van der Waals surface area contributed by atoms with E-state index in [1.165, 1.54) is 11.1 Å². The number of hydrogen-bond acceptors (Lipinski definition) is 3. The number of phenolic OH excluding ortho intramolecular Hbond substituents is 1. The fraction of sp³-hybridized carbons (Fsp3) is 0.357. The lowest BCUT2D eigenvalue weighted by atomic mass is 10.1. The zero-order valence-corrected chi connectivity index (χ0v) is 10.8. The van der Waals surface area contributed by atoms with Crippen LogP contribution < -0.4 is 5.32 Å². The number of nitrogens with zero attached hydrogens (tertiary/aromatic N) is 2. The zero-order valence-electron chi connectivity index (χ0n) is 10.8. The van der Waals surface area contributed by atoms with Gasteiger partial charge in [-0.25, -0.2) is 0 Å². The number of hydrogen-bond donors (Lipinski definition) is 2. The number of nitrogens with one attached hydrogen (secondary N) is 1. The molecule has 4 heteroatoms. The molecule has 18 heavy (non-hydrogen) atoms. The highest BCUT2D eigenvalue weighted by Gasteiger charge is 2.06. The summed E-state index contributed by atoms with van der Waals surface area (Å²) in [4.78, 5) is 0. The van der Waals surface area contributed by atoms with E-state index in [1.54, 1.807) is 12.1 Å². The van der Waals surface area contributed by atoms with Crippen molar-refractivity contribution in [1.82, 2.24) is 15.1 Å². The van der Waals surface area contributed by atoms with Gasteiger partial charge in [-0.3, -0.25) is 4.68 Å². The molecule has 0 saturated carbocycles. The molecule has 0 amide bonds. The molecule has 1 atom stereocenters. The Morgan fingerprint density at radius 2 is 2.06 bits per heavy atom. The largest absolute Gasteiger partial charge is 0.508 e. The summed E-state index contributed by atoms with van der Waals surface area (Å²) in [6.07, 6.45) is 4.86. The van der Waals surface area contributed by atoms with Gasteiger partial charge in [0.1, 0.15) is 5.75 Å². The molecule has 1 heterocycles. The van der Waals surface area contributed by atoms with Gasteiger partial charge in [-0.15, -0.1) is 0 Å². The minimum Gasteiger partial charge on any atom is -0.508 e. The summed E-state index contributed by atoms with van der Waals surface area (Å²) in [6.45, 7) is 3.04. The van der Waals surface area contributed by atoms with Gasteiger partial charge in [0.25, 0.3) is 0 Å². The Morgan fingerprint density at radius 3 is 2.67 bits per heavy atom. The lowest BCUT2D eigenvalue weighted by molar-refractivity contribution is 0.475. The van der Waals surface area contributed by atoms with E-state index in [0.29, 0.717) is 11.8 Å². The fourth-order valence-electron chi connectivity index (χ4n) is 1.88. The van der Waals surface area contributed by atoms with E-state index in [0.717, 1.165) is 13.0 Å². The third-order valence-electron chi connectivity index (χ3n) is 3.03. The van der Waals surface area contributed by atoms with Crippen molar-refractivity contribution in [1.29, 1.82) is 0 Å². The first-order valence-corrected chi connectivity index (χ1v) is 6.15. The van der Waals surface area contributed by atoms with Gasteiger partial charge < -0.3 is 10.4 Å². The fourth-order valence-corrected chi connectivity index (χ4v) is 1.88. The summed E-state index contributed by atoms with van der Waals surface area (Å²) in [7, 11) is 1.92. The summed E-state index contributed by atoms with van der Waals surface area (Å²) in [6, 6.07) is 7.65. The maximum Gasteiger partial charge on any atom is 0.115 e. The zero-order chi connectivity index (χ0) is 13.0. The third-order valence-corrected chi connectivity index (χ3v) is 3.03. The molecule has 0 radical (unpaired) electrons. The van der Waals surface area contributed by atoms with Crippen LogP contribution in [0.4, 0.5) is 0 Å². The first-order chi connectivity index (χ1) is 8.65. The lowest BCUT2D eigenvalue weighted by Gasteiger charge is -2.11. The summed E-state index contributed by atoms with van der Waals surface area (Å²) in [5, 5.41) is 16.8. The molecule has 4 nitrogen and oxygen atoms in total. The molecule has 1 unspecified atom stereocenters. The van der Waals surface area contributed by atoms with Crippen LogP contribution in [0.25, 0.3) is 0 Å². The highest BCUT2D eigenvalue weighted by atomic mass is 16.3. The van der Waals surface area contributed by atoms with Crippen LogP contribution in [0, 0.1) is 0 Å². The van der Waals surface area contributed by atoms with Crippen LogP contribution in [0.2, 0.25) is 0 Å². The predicted octanol–water partition coefficient (Wildman–Crippen LogP) is 2.02. The average molecular weight is 245 g/mol. The minimum atomic E-state index is 0.302. The summed E-state index contributed by atoms with van der Waals surface area (Å²) in [5.74, 6) is 0.315. The lowest BCUT2D eigenvalue weighted by Crippen LogP contribution is -2.21. The maximum atomic E-state index is 9.20. The first-order valence-electron chi connectivity index (χ1n) is 6.15. The average Bonchev–Trinajstić information content (AvgIpc) is 2.78. The normalized spacial score (nSPS) is 12.6. The summed E-state index contributed by atoms with van der Waals surface area (Å²) < 4.78 is 1.81. The van der Waals surface area contributed by atoms with Gasteiger partial charge in [-0.2, -0.15) is 5.10 Å². The Morgan fingerprint density at radius 1 is 1.33 bits per heavy atom.